The van der Waals surface area contributed by atoms with E-state index in [1.54, 1.807) is 10.7 Å². The number of hydrogen-bond donors (Lipinski definition) is 1. The van der Waals surface area contributed by atoms with Crippen molar-refractivity contribution in [2.45, 2.75) is 66.0 Å². The minimum absolute atomic E-state index is 0.153. The number of carbonyl (C=O) groups is 1. The Morgan fingerprint density at radius 2 is 1.74 bits per heavy atom. The Bertz CT molecular complexity index is 1510. The first kappa shape index (κ1) is 26.5. The number of hydrogen-bond acceptors (Lipinski definition) is 5. The first-order chi connectivity index (χ1) is 18.7. The van der Waals surface area contributed by atoms with Crippen molar-refractivity contribution >= 4 is 17.1 Å². The van der Waals surface area contributed by atoms with E-state index in [-0.39, 0.29) is 23.4 Å². The van der Waals surface area contributed by atoms with Crippen LogP contribution in [-0.4, -0.2) is 44.4 Å². The number of benzene rings is 1. The molecule has 8 heteroatoms. The highest BCUT2D eigenvalue weighted by Gasteiger charge is 2.40. The second-order valence-corrected chi connectivity index (χ2v) is 11.2. The number of nitrogens with zero attached hydrogens (tertiary/aromatic N) is 6. The Morgan fingerprint density at radius 1 is 1.03 bits per heavy atom. The van der Waals surface area contributed by atoms with Gasteiger partial charge in [0.15, 0.2) is 0 Å². The molecule has 1 amide bonds. The van der Waals surface area contributed by atoms with E-state index < -0.39 is 0 Å². The highest BCUT2D eigenvalue weighted by molar-refractivity contribution is 5.88. The predicted octanol–water partition coefficient (Wildman–Crippen LogP) is 5.84. The lowest BCUT2D eigenvalue weighted by Crippen LogP contribution is -2.50. The van der Waals surface area contributed by atoms with Crippen molar-refractivity contribution in [3.63, 3.8) is 0 Å². The Kier molecular flexibility index (Phi) is 7.17. The number of aromatic nitrogens is 4. The van der Waals surface area contributed by atoms with E-state index in [1.807, 2.05) is 37.1 Å². The minimum atomic E-state index is -0.286. The zero-order valence-corrected chi connectivity index (χ0v) is 23.5. The molecule has 1 aliphatic heterocycles. The summed E-state index contributed by atoms with van der Waals surface area (Å²) in [6.07, 6.45) is 10.0. The van der Waals surface area contributed by atoms with Crippen LogP contribution in [0.3, 0.4) is 0 Å². The normalized spacial score (nSPS) is 15.2. The number of nitriles is 1. The van der Waals surface area contributed by atoms with Crippen LogP contribution < -0.4 is 10.2 Å². The van der Waals surface area contributed by atoms with Crippen LogP contribution in [0.4, 0.5) is 5.69 Å². The third-order valence-corrected chi connectivity index (χ3v) is 8.04. The van der Waals surface area contributed by atoms with Gasteiger partial charge in [0, 0.05) is 59.9 Å². The van der Waals surface area contributed by atoms with Gasteiger partial charge in [0.25, 0.3) is 0 Å². The van der Waals surface area contributed by atoms with E-state index in [2.05, 4.69) is 77.6 Å². The quantitative estimate of drug-likeness (QED) is 0.329. The third-order valence-electron chi connectivity index (χ3n) is 8.04. The lowest BCUT2D eigenvalue weighted by molar-refractivity contribution is -0.133. The maximum Gasteiger partial charge on any atom is 0.226 e. The Hall–Kier alpha value is -4.12. The predicted molar refractivity (Wildman–Crippen MR) is 154 cm³/mol. The van der Waals surface area contributed by atoms with Crippen molar-refractivity contribution in [2.75, 3.05) is 18.0 Å². The van der Waals surface area contributed by atoms with Crippen LogP contribution in [0.1, 0.15) is 65.5 Å². The summed E-state index contributed by atoms with van der Waals surface area (Å²) >= 11 is 0. The molecule has 8 nitrogen and oxygen atoms in total. The number of amides is 1. The summed E-state index contributed by atoms with van der Waals surface area (Å²) in [5, 5.41) is 21.9. The number of carbonyl (C=O) groups excluding carboxylic acids is 1. The highest BCUT2D eigenvalue weighted by Crippen LogP contribution is 2.38. The van der Waals surface area contributed by atoms with Gasteiger partial charge in [-0.3, -0.25) is 9.48 Å². The molecule has 0 saturated carbocycles. The summed E-state index contributed by atoms with van der Waals surface area (Å²) in [6.45, 7) is 12.1. The second kappa shape index (κ2) is 10.6. The summed E-state index contributed by atoms with van der Waals surface area (Å²) in [5.74, 6) is 0.187. The van der Waals surface area contributed by atoms with Crippen molar-refractivity contribution in [1.82, 2.24) is 24.7 Å². The number of pyridine rings is 1. The summed E-state index contributed by atoms with van der Waals surface area (Å²) in [7, 11) is 0. The zero-order valence-electron chi connectivity index (χ0n) is 23.5. The number of anilines is 1. The maximum absolute atomic E-state index is 12.9. The summed E-state index contributed by atoms with van der Waals surface area (Å²) in [6, 6.07) is 13.4. The monoisotopic (exact) mass is 523 g/mol. The largest absolute Gasteiger partial charge is 0.371 e. The molecule has 4 aromatic rings. The highest BCUT2D eigenvalue weighted by atomic mass is 16.2. The summed E-state index contributed by atoms with van der Waals surface area (Å²) in [5.41, 5.74) is 6.18. The van der Waals surface area contributed by atoms with E-state index >= 15 is 0 Å². The van der Waals surface area contributed by atoms with E-state index in [9.17, 15) is 10.1 Å². The smallest absolute Gasteiger partial charge is 0.226 e. The topological polar surface area (TPSA) is 91.2 Å². The molecular weight excluding hydrogens is 486 g/mol. The van der Waals surface area contributed by atoms with Gasteiger partial charge < -0.3 is 10.2 Å². The minimum Gasteiger partial charge on any atom is -0.371 e. The first-order valence-corrected chi connectivity index (χ1v) is 13.9. The molecule has 4 heterocycles. The molecular formula is C31H37N7O. The Balaban J connectivity index is 1.43. The van der Waals surface area contributed by atoms with Crippen LogP contribution in [0.25, 0.3) is 27.8 Å². The van der Waals surface area contributed by atoms with Gasteiger partial charge in [0.2, 0.25) is 5.91 Å². The Labute approximate surface area is 230 Å². The van der Waals surface area contributed by atoms with Gasteiger partial charge in [-0.25, -0.2) is 4.52 Å². The fourth-order valence-corrected chi connectivity index (χ4v) is 5.55. The van der Waals surface area contributed by atoms with Gasteiger partial charge in [-0.05, 0) is 70.7 Å². The molecule has 0 radical (unpaired) electrons. The molecule has 5 rings (SSSR count). The number of rotatable bonds is 7. The molecule has 39 heavy (non-hydrogen) atoms. The number of piperidine rings is 1. The van der Waals surface area contributed by atoms with E-state index in [0.717, 1.165) is 65.8 Å². The summed E-state index contributed by atoms with van der Waals surface area (Å²) in [4.78, 5) is 15.3. The van der Waals surface area contributed by atoms with Gasteiger partial charge in [-0.1, -0.05) is 19.1 Å². The molecule has 1 fully saturated rings. The molecule has 1 aromatic carbocycles. The maximum atomic E-state index is 12.9. The lowest BCUT2D eigenvalue weighted by atomic mass is 9.75. The van der Waals surface area contributed by atoms with Crippen LogP contribution >= 0.6 is 0 Å². The van der Waals surface area contributed by atoms with Gasteiger partial charge >= 0.3 is 0 Å². The molecule has 1 N–H and O–H groups in total. The van der Waals surface area contributed by atoms with Crippen molar-refractivity contribution < 1.29 is 4.79 Å². The van der Waals surface area contributed by atoms with Crippen molar-refractivity contribution in [3.05, 3.63) is 60.7 Å². The molecule has 1 aliphatic rings. The number of nitrogens with one attached hydrogen (secondary N) is 1. The summed E-state index contributed by atoms with van der Waals surface area (Å²) < 4.78 is 3.73. The first-order valence-electron chi connectivity index (χ1n) is 13.9. The van der Waals surface area contributed by atoms with Crippen LogP contribution in [0, 0.1) is 16.7 Å². The molecule has 3 aromatic heterocycles. The average molecular weight is 524 g/mol. The van der Waals surface area contributed by atoms with E-state index in [0.29, 0.717) is 5.56 Å². The lowest BCUT2D eigenvalue weighted by Gasteiger charge is -2.41. The molecule has 0 aliphatic carbocycles. The molecule has 1 saturated heterocycles. The van der Waals surface area contributed by atoms with Crippen LogP contribution in [-0.2, 0) is 4.79 Å². The van der Waals surface area contributed by atoms with Crippen LogP contribution in [0.15, 0.2) is 55.1 Å². The fourth-order valence-electron chi connectivity index (χ4n) is 5.55. The van der Waals surface area contributed by atoms with Gasteiger partial charge in [-0.15, -0.1) is 0 Å². The van der Waals surface area contributed by atoms with Crippen LogP contribution in [0.5, 0.6) is 0 Å². The number of fused-ring (bicyclic) bond motifs is 1. The molecule has 0 spiro atoms. The Morgan fingerprint density at radius 3 is 2.33 bits per heavy atom. The molecule has 0 atom stereocenters. The average Bonchev–Trinajstić information content (AvgIpc) is 3.60. The molecule has 202 valence electrons. The van der Waals surface area contributed by atoms with E-state index in [1.165, 1.54) is 0 Å². The zero-order chi connectivity index (χ0) is 27.7. The van der Waals surface area contributed by atoms with E-state index in [4.69, 9.17) is 0 Å². The molecule has 0 unspecified atom stereocenters. The van der Waals surface area contributed by atoms with Gasteiger partial charge in [-0.2, -0.15) is 15.5 Å². The fraction of sp³-hybridized carbons (Fsp3) is 0.419. The second-order valence-electron chi connectivity index (χ2n) is 11.2. The van der Waals surface area contributed by atoms with Gasteiger partial charge in [0.1, 0.15) is 6.07 Å². The van der Waals surface area contributed by atoms with Crippen LogP contribution in [0.2, 0.25) is 0 Å². The van der Waals surface area contributed by atoms with Crippen molar-refractivity contribution in [2.24, 2.45) is 5.41 Å². The van der Waals surface area contributed by atoms with Crippen molar-refractivity contribution in [3.8, 4) is 28.3 Å². The molecule has 0 bridgehead atoms. The van der Waals surface area contributed by atoms with Crippen molar-refractivity contribution in [1.29, 1.82) is 5.26 Å². The third kappa shape index (κ3) is 5.01. The SMILES string of the molecule is CCC1(C(=O)NC(C)C)CCN(c2ccc(-c3cc(-c4cnn(C(C)C)c4)cn4ncc(C#N)c34)cc2)CC1. The standard InChI is InChI=1S/C31H37N7O/c1-6-31(30(39)35-21(2)3)11-13-36(14-12-31)27-9-7-23(8-10-27)28-15-24(26-18-33-37(20-26)22(4)5)19-38-29(28)25(16-32)17-34-38/h7-10,15,17-22H,6,11-14H2,1-5H3,(H,35,39). The van der Waals surface area contributed by atoms with Gasteiger partial charge in [0.05, 0.1) is 28.9 Å².